The molecule has 82 valence electrons. The molecule has 0 aromatic carbocycles. The highest BCUT2D eigenvalue weighted by Crippen LogP contribution is 2.02. The number of oxime groups is 1. The first-order chi connectivity index (χ1) is 7.19. The van der Waals surface area contributed by atoms with Gasteiger partial charge < -0.3 is 15.8 Å². The van der Waals surface area contributed by atoms with Gasteiger partial charge in [-0.2, -0.15) is 0 Å². The fourth-order valence-electron chi connectivity index (χ4n) is 0.974. The number of amidine groups is 1. The van der Waals surface area contributed by atoms with E-state index >= 15 is 0 Å². The summed E-state index contributed by atoms with van der Waals surface area (Å²) in [5.74, 6) is -0.300. The lowest BCUT2D eigenvalue weighted by molar-refractivity contribution is 0.0780. The molecule has 8 heteroatoms. The molecule has 1 amide bonds. The van der Waals surface area contributed by atoms with Crippen molar-refractivity contribution in [3.8, 4) is 0 Å². The second-order valence-corrected chi connectivity index (χ2v) is 3.31. The molecule has 0 radical (unpaired) electrons. The average Bonchev–Trinajstić information content (AvgIpc) is 2.77. The Balaban J connectivity index is 2.71. The predicted octanol–water partition coefficient (Wildman–Crippen LogP) is -0.253. The van der Waals surface area contributed by atoms with Gasteiger partial charge in [0, 0.05) is 11.9 Å². The number of amides is 1. The van der Waals surface area contributed by atoms with Crippen molar-refractivity contribution in [2.45, 2.75) is 6.92 Å². The van der Waals surface area contributed by atoms with E-state index in [1.54, 1.807) is 12.3 Å². The molecule has 0 bridgehead atoms. The third kappa shape index (κ3) is 2.88. The first kappa shape index (κ1) is 11.4. The van der Waals surface area contributed by atoms with Crippen LogP contribution in [0.4, 0.5) is 0 Å². The van der Waals surface area contributed by atoms with Gasteiger partial charge in [0.15, 0.2) is 11.5 Å². The van der Waals surface area contributed by atoms with Crippen molar-refractivity contribution < 1.29 is 10.0 Å². The van der Waals surface area contributed by atoms with Crippen molar-refractivity contribution in [2.24, 2.45) is 10.9 Å². The van der Waals surface area contributed by atoms with Crippen molar-refractivity contribution in [1.29, 1.82) is 0 Å². The number of carbonyl (C=O) groups is 1. The molecule has 0 atom stereocenters. The van der Waals surface area contributed by atoms with E-state index in [0.717, 1.165) is 11.5 Å². The van der Waals surface area contributed by atoms with Crippen molar-refractivity contribution in [1.82, 2.24) is 14.5 Å². The molecular weight excluding hydrogens is 218 g/mol. The van der Waals surface area contributed by atoms with Crippen LogP contribution in [0, 0.1) is 0 Å². The van der Waals surface area contributed by atoms with E-state index < -0.39 is 0 Å². The maximum Gasteiger partial charge on any atom is 0.275 e. The van der Waals surface area contributed by atoms with Gasteiger partial charge in [-0.3, -0.25) is 4.79 Å². The largest absolute Gasteiger partial charge is 0.409 e. The molecule has 15 heavy (non-hydrogen) atoms. The van der Waals surface area contributed by atoms with Crippen LogP contribution in [0.15, 0.2) is 10.5 Å². The van der Waals surface area contributed by atoms with Crippen LogP contribution in [0.1, 0.15) is 17.4 Å². The van der Waals surface area contributed by atoms with Crippen LogP contribution in [0.3, 0.4) is 0 Å². The SMILES string of the molecule is CCN(CC(N)=NO)C(=O)c1csnn1. The number of hydrogen-bond donors (Lipinski definition) is 2. The summed E-state index contributed by atoms with van der Waals surface area (Å²) < 4.78 is 3.59. The standard InChI is InChI=1S/C7H11N5O2S/c1-2-12(3-6(8)10-14)7(13)5-4-15-11-9-5/h4,14H,2-3H2,1H3,(H2,8,10). The molecular formula is C7H11N5O2S. The quantitative estimate of drug-likeness (QED) is 0.320. The normalized spacial score (nSPS) is 11.4. The third-order valence-electron chi connectivity index (χ3n) is 1.73. The van der Waals surface area contributed by atoms with Crippen LogP contribution < -0.4 is 5.73 Å². The van der Waals surface area contributed by atoms with Gasteiger partial charge in [0.1, 0.15) is 0 Å². The lowest BCUT2D eigenvalue weighted by Crippen LogP contribution is -2.38. The summed E-state index contributed by atoms with van der Waals surface area (Å²) in [7, 11) is 0. The molecule has 3 N–H and O–H groups in total. The Kier molecular flexibility index (Phi) is 3.98. The number of rotatable bonds is 4. The summed E-state index contributed by atoms with van der Waals surface area (Å²) in [5.41, 5.74) is 5.58. The Morgan fingerprint density at radius 1 is 1.80 bits per heavy atom. The maximum atomic E-state index is 11.7. The number of nitrogens with zero attached hydrogens (tertiary/aromatic N) is 4. The van der Waals surface area contributed by atoms with E-state index in [4.69, 9.17) is 10.9 Å². The molecule has 1 aromatic heterocycles. The minimum atomic E-state index is -0.280. The van der Waals surface area contributed by atoms with Crippen LogP contribution in [0.5, 0.6) is 0 Å². The van der Waals surface area contributed by atoms with Crippen LogP contribution >= 0.6 is 11.5 Å². The number of nitrogens with two attached hydrogens (primary N) is 1. The van der Waals surface area contributed by atoms with E-state index in [1.807, 2.05) is 0 Å². The zero-order chi connectivity index (χ0) is 11.3. The molecule has 7 nitrogen and oxygen atoms in total. The molecule has 0 saturated heterocycles. The number of likely N-dealkylation sites (N-methyl/N-ethyl adjacent to an activating group) is 1. The monoisotopic (exact) mass is 229 g/mol. The van der Waals surface area contributed by atoms with Gasteiger partial charge in [-0.15, -0.1) is 5.10 Å². The Morgan fingerprint density at radius 3 is 3.00 bits per heavy atom. The molecule has 0 aliphatic carbocycles. The average molecular weight is 229 g/mol. The maximum absolute atomic E-state index is 11.7. The predicted molar refractivity (Wildman–Crippen MR) is 54.9 cm³/mol. The van der Waals surface area contributed by atoms with Crippen LogP contribution in [-0.2, 0) is 0 Å². The van der Waals surface area contributed by atoms with Crippen molar-refractivity contribution in [3.05, 3.63) is 11.1 Å². The highest BCUT2D eigenvalue weighted by Gasteiger charge is 2.17. The summed E-state index contributed by atoms with van der Waals surface area (Å²) in [6.45, 7) is 2.32. The van der Waals surface area contributed by atoms with Gasteiger partial charge in [0.25, 0.3) is 5.91 Å². The Bertz CT molecular complexity index is 350. The fraction of sp³-hybridized carbons (Fsp3) is 0.429. The molecule has 0 fully saturated rings. The number of hydrogen-bond acceptors (Lipinski definition) is 6. The fourth-order valence-corrected chi connectivity index (χ4v) is 1.40. The second kappa shape index (κ2) is 5.25. The highest BCUT2D eigenvalue weighted by molar-refractivity contribution is 7.03. The zero-order valence-electron chi connectivity index (χ0n) is 8.12. The minimum Gasteiger partial charge on any atom is -0.409 e. The van der Waals surface area contributed by atoms with Crippen molar-refractivity contribution in [3.63, 3.8) is 0 Å². The lowest BCUT2D eigenvalue weighted by atomic mass is 10.3. The molecule has 0 aliphatic rings. The van der Waals surface area contributed by atoms with Crippen molar-refractivity contribution in [2.75, 3.05) is 13.1 Å². The highest BCUT2D eigenvalue weighted by atomic mass is 32.1. The van der Waals surface area contributed by atoms with E-state index in [2.05, 4.69) is 14.7 Å². The summed E-state index contributed by atoms with van der Waals surface area (Å²) in [4.78, 5) is 13.1. The molecule has 0 spiro atoms. The van der Waals surface area contributed by atoms with Gasteiger partial charge >= 0.3 is 0 Å². The van der Waals surface area contributed by atoms with E-state index in [0.29, 0.717) is 6.54 Å². The zero-order valence-corrected chi connectivity index (χ0v) is 8.94. The Morgan fingerprint density at radius 2 is 2.53 bits per heavy atom. The molecule has 1 heterocycles. The van der Waals surface area contributed by atoms with Gasteiger partial charge in [-0.1, -0.05) is 9.64 Å². The molecule has 0 saturated carbocycles. The number of carbonyl (C=O) groups excluding carboxylic acids is 1. The van der Waals surface area contributed by atoms with Crippen LogP contribution in [0.25, 0.3) is 0 Å². The van der Waals surface area contributed by atoms with Gasteiger partial charge in [-0.05, 0) is 18.5 Å². The van der Waals surface area contributed by atoms with E-state index in [1.165, 1.54) is 4.90 Å². The van der Waals surface area contributed by atoms with E-state index in [-0.39, 0.29) is 24.0 Å². The Hall–Kier alpha value is -1.70. The summed E-state index contributed by atoms with van der Waals surface area (Å²) in [6, 6.07) is 0. The first-order valence-electron chi connectivity index (χ1n) is 4.21. The molecule has 1 aromatic rings. The van der Waals surface area contributed by atoms with Crippen LogP contribution in [0.2, 0.25) is 0 Å². The van der Waals surface area contributed by atoms with Crippen LogP contribution in [-0.4, -0.2) is 44.5 Å². The summed E-state index contributed by atoms with van der Waals surface area (Å²) >= 11 is 1.10. The molecule has 0 aliphatic heterocycles. The smallest absolute Gasteiger partial charge is 0.275 e. The minimum absolute atomic E-state index is 0.0200. The van der Waals surface area contributed by atoms with E-state index in [9.17, 15) is 4.79 Å². The third-order valence-corrected chi connectivity index (χ3v) is 2.23. The van der Waals surface area contributed by atoms with Gasteiger partial charge in [0.2, 0.25) is 0 Å². The van der Waals surface area contributed by atoms with Crippen molar-refractivity contribution >= 4 is 23.3 Å². The molecule has 1 rings (SSSR count). The second-order valence-electron chi connectivity index (χ2n) is 2.70. The molecule has 0 unspecified atom stereocenters. The topological polar surface area (TPSA) is 105 Å². The Labute approximate surface area is 90.4 Å². The number of aromatic nitrogens is 2. The van der Waals surface area contributed by atoms with Gasteiger partial charge in [-0.25, -0.2) is 0 Å². The lowest BCUT2D eigenvalue weighted by Gasteiger charge is -2.18. The first-order valence-corrected chi connectivity index (χ1v) is 5.05. The summed E-state index contributed by atoms with van der Waals surface area (Å²) in [6.07, 6.45) is 0. The summed E-state index contributed by atoms with van der Waals surface area (Å²) in [5, 5.41) is 16.4. The van der Waals surface area contributed by atoms with Gasteiger partial charge in [0.05, 0.1) is 6.54 Å².